The molecule has 0 fully saturated rings. The first kappa shape index (κ1) is 78.8. The van der Waals surface area contributed by atoms with Gasteiger partial charge in [-0.05, 0) is 135 Å². The van der Waals surface area contributed by atoms with E-state index in [9.17, 15) is 14.4 Å². The van der Waals surface area contributed by atoms with E-state index in [2.05, 4.69) is 142 Å². The standard InChI is InChI=1S/C77H130O6/c1-4-7-10-13-16-19-22-25-28-30-32-34-35-36-37-38-39-40-41-43-44-46-49-52-55-58-61-64-67-70-76(79)82-73-74(72-81-75(78)69-66-63-60-57-54-51-48-27-24-21-18-15-12-9-6-3)83-77(80)71-68-65-62-59-56-53-50-47-45-42-33-31-29-26-23-20-17-14-11-8-5-2/h7,10,16,19,25,27-28,31-34,36-37,39-40,43-44,48-49,52,74H,4-6,8-9,11-15,17-18,20-24,26,29-30,35,38,41-42,45-47,50-51,53-73H2,1-3H3/b10-7-,19-16-,28-25-,33-31-,34-32-,37-36-,40-39-,44-43-,48-27-,52-49-. The highest BCUT2D eigenvalue weighted by atomic mass is 16.6. The lowest BCUT2D eigenvalue weighted by molar-refractivity contribution is -0.167. The molecule has 0 aromatic heterocycles. The highest BCUT2D eigenvalue weighted by molar-refractivity contribution is 5.71. The van der Waals surface area contributed by atoms with Gasteiger partial charge in [-0.3, -0.25) is 14.4 Å². The second-order valence-corrected chi connectivity index (χ2v) is 23.1. The Morgan fingerprint density at radius 3 is 0.747 bits per heavy atom. The van der Waals surface area contributed by atoms with Gasteiger partial charge in [-0.25, -0.2) is 0 Å². The Morgan fingerprint density at radius 1 is 0.253 bits per heavy atom. The summed E-state index contributed by atoms with van der Waals surface area (Å²) >= 11 is 0. The molecule has 6 nitrogen and oxygen atoms in total. The zero-order valence-corrected chi connectivity index (χ0v) is 54.4. The van der Waals surface area contributed by atoms with Crippen LogP contribution in [-0.2, 0) is 28.6 Å². The van der Waals surface area contributed by atoms with E-state index in [0.717, 1.165) is 128 Å². The van der Waals surface area contributed by atoms with E-state index in [0.29, 0.717) is 19.3 Å². The third-order valence-electron chi connectivity index (χ3n) is 14.9. The maximum atomic E-state index is 13.0. The first-order chi connectivity index (χ1) is 41.0. The molecule has 0 spiro atoms. The van der Waals surface area contributed by atoms with Crippen molar-refractivity contribution in [3.63, 3.8) is 0 Å². The first-order valence-electron chi connectivity index (χ1n) is 35.0. The van der Waals surface area contributed by atoms with Gasteiger partial charge < -0.3 is 14.2 Å². The van der Waals surface area contributed by atoms with Crippen LogP contribution in [0, 0.1) is 0 Å². The van der Waals surface area contributed by atoms with Crippen LogP contribution in [0.5, 0.6) is 0 Å². The van der Waals surface area contributed by atoms with Crippen molar-refractivity contribution in [1.29, 1.82) is 0 Å². The highest BCUT2D eigenvalue weighted by Gasteiger charge is 2.19. The third-order valence-corrected chi connectivity index (χ3v) is 14.9. The van der Waals surface area contributed by atoms with Gasteiger partial charge in [-0.1, -0.05) is 296 Å². The van der Waals surface area contributed by atoms with Gasteiger partial charge in [0.15, 0.2) is 6.10 Å². The van der Waals surface area contributed by atoms with E-state index in [-0.39, 0.29) is 31.1 Å². The normalized spacial score (nSPS) is 12.9. The highest BCUT2D eigenvalue weighted by Crippen LogP contribution is 2.16. The molecular weight excluding hydrogens is 1020 g/mol. The SMILES string of the molecule is CC/C=C\C/C=C\C/C=C\C/C=C\C/C=C\C/C=C\C/C=C\C/C=C\CCCCCCC(=O)OCC(COC(=O)CCCCCCC/C=C\CCCCCCCC)OC(=O)CCCCCCCCCCC/C=C\CCCCCCCCCC. The zero-order chi connectivity index (χ0) is 59.9. The van der Waals surface area contributed by atoms with E-state index in [1.165, 1.54) is 161 Å². The van der Waals surface area contributed by atoms with Crippen molar-refractivity contribution in [1.82, 2.24) is 0 Å². The van der Waals surface area contributed by atoms with Crippen molar-refractivity contribution < 1.29 is 28.6 Å². The van der Waals surface area contributed by atoms with Gasteiger partial charge >= 0.3 is 17.9 Å². The number of carbonyl (C=O) groups excluding carboxylic acids is 3. The first-order valence-corrected chi connectivity index (χ1v) is 35.0. The maximum absolute atomic E-state index is 13.0. The predicted molar refractivity (Wildman–Crippen MR) is 362 cm³/mol. The molecule has 0 amide bonds. The van der Waals surface area contributed by atoms with Crippen molar-refractivity contribution in [3.05, 3.63) is 122 Å². The van der Waals surface area contributed by atoms with E-state index in [1.54, 1.807) is 0 Å². The summed E-state index contributed by atoms with van der Waals surface area (Å²) in [4.78, 5) is 38.4. The van der Waals surface area contributed by atoms with Crippen LogP contribution in [0.2, 0.25) is 0 Å². The van der Waals surface area contributed by atoms with Crippen LogP contribution in [0.4, 0.5) is 0 Å². The van der Waals surface area contributed by atoms with Crippen LogP contribution in [0.1, 0.15) is 329 Å². The van der Waals surface area contributed by atoms with Crippen LogP contribution in [0.3, 0.4) is 0 Å². The minimum Gasteiger partial charge on any atom is -0.462 e. The number of ether oxygens (including phenoxy) is 3. The van der Waals surface area contributed by atoms with Crippen molar-refractivity contribution >= 4 is 17.9 Å². The Balaban J connectivity index is 4.41. The molecule has 0 aliphatic heterocycles. The summed E-state index contributed by atoms with van der Waals surface area (Å²) in [5.74, 6) is -0.918. The number of allylic oxidation sites excluding steroid dienone is 20. The Bertz CT molecular complexity index is 1700. The lowest BCUT2D eigenvalue weighted by atomic mass is 10.1. The van der Waals surface area contributed by atoms with Gasteiger partial charge in [0.25, 0.3) is 0 Å². The second kappa shape index (κ2) is 70.3. The third kappa shape index (κ3) is 68.5. The van der Waals surface area contributed by atoms with E-state index in [4.69, 9.17) is 14.2 Å². The molecule has 83 heavy (non-hydrogen) atoms. The van der Waals surface area contributed by atoms with Crippen LogP contribution in [0.25, 0.3) is 0 Å². The number of esters is 3. The molecule has 6 heteroatoms. The molecule has 0 aromatic carbocycles. The van der Waals surface area contributed by atoms with Gasteiger partial charge in [-0.15, -0.1) is 0 Å². The largest absolute Gasteiger partial charge is 0.462 e. The lowest BCUT2D eigenvalue weighted by Crippen LogP contribution is -2.30. The van der Waals surface area contributed by atoms with Crippen molar-refractivity contribution in [2.45, 2.75) is 335 Å². The van der Waals surface area contributed by atoms with E-state index < -0.39 is 6.10 Å². The Morgan fingerprint density at radius 2 is 0.470 bits per heavy atom. The zero-order valence-electron chi connectivity index (χ0n) is 54.4. The predicted octanol–water partition coefficient (Wildman–Crippen LogP) is 24.3. The van der Waals surface area contributed by atoms with E-state index in [1.807, 2.05) is 0 Å². The topological polar surface area (TPSA) is 78.9 Å². The molecule has 1 atom stereocenters. The Hall–Kier alpha value is -4.19. The van der Waals surface area contributed by atoms with Crippen LogP contribution >= 0.6 is 0 Å². The fraction of sp³-hybridized carbons (Fsp3) is 0.701. The van der Waals surface area contributed by atoms with Crippen LogP contribution in [0.15, 0.2) is 122 Å². The van der Waals surface area contributed by atoms with Crippen molar-refractivity contribution in [2.24, 2.45) is 0 Å². The molecule has 0 saturated carbocycles. The molecule has 0 bridgehead atoms. The summed E-state index contributed by atoms with van der Waals surface area (Å²) in [6, 6.07) is 0. The molecule has 0 N–H and O–H groups in total. The molecule has 474 valence electrons. The average molecular weight is 1150 g/mol. The summed E-state index contributed by atoms with van der Waals surface area (Å²) in [5.41, 5.74) is 0. The van der Waals surface area contributed by atoms with Crippen LogP contribution < -0.4 is 0 Å². The molecule has 1 unspecified atom stereocenters. The maximum Gasteiger partial charge on any atom is 0.306 e. The number of hydrogen-bond acceptors (Lipinski definition) is 6. The van der Waals surface area contributed by atoms with Gasteiger partial charge in [0, 0.05) is 19.3 Å². The molecule has 0 aromatic rings. The molecular formula is C77H130O6. The average Bonchev–Trinajstić information content (AvgIpc) is 3.49. The summed E-state index contributed by atoms with van der Waals surface area (Å²) in [6.07, 6.45) is 97.8. The molecule has 0 heterocycles. The number of carbonyl (C=O) groups is 3. The smallest absolute Gasteiger partial charge is 0.306 e. The summed E-state index contributed by atoms with van der Waals surface area (Å²) in [6.45, 7) is 6.52. The Labute approximate surface area is 513 Å². The molecule has 0 aliphatic carbocycles. The fourth-order valence-corrected chi connectivity index (χ4v) is 9.68. The van der Waals surface area contributed by atoms with Gasteiger partial charge in [0.1, 0.15) is 13.2 Å². The lowest BCUT2D eigenvalue weighted by Gasteiger charge is -2.18. The summed E-state index contributed by atoms with van der Waals surface area (Å²) < 4.78 is 17.0. The Kier molecular flexibility index (Phi) is 66.7. The number of rotatable bonds is 63. The molecule has 0 saturated heterocycles. The molecule has 0 radical (unpaired) electrons. The number of hydrogen-bond donors (Lipinski definition) is 0. The van der Waals surface area contributed by atoms with Gasteiger partial charge in [-0.2, -0.15) is 0 Å². The quantitative estimate of drug-likeness (QED) is 0.0261. The minimum absolute atomic E-state index is 0.0920. The van der Waals surface area contributed by atoms with Gasteiger partial charge in [0.05, 0.1) is 0 Å². The minimum atomic E-state index is -0.798. The van der Waals surface area contributed by atoms with E-state index >= 15 is 0 Å². The van der Waals surface area contributed by atoms with Gasteiger partial charge in [0.2, 0.25) is 0 Å². The molecule has 0 aliphatic rings. The monoisotopic (exact) mass is 1150 g/mol. The number of unbranched alkanes of at least 4 members (excludes halogenated alkanes) is 32. The van der Waals surface area contributed by atoms with Crippen LogP contribution in [-0.4, -0.2) is 37.2 Å². The van der Waals surface area contributed by atoms with Crippen molar-refractivity contribution in [2.75, 3.05) is 13.2 Å². The summed E-state index contributed by atoms with van der Waals surface area (Å²) in [7, 11) is 0. The summed E-state index contributed by atoms with van der Waals surface area (Å²) in [5, 5.41) is 0. The van der Waals surface area contributed by atoms with Crippen molar-refractivity contribution in [3.8, 4) is 0 Å². The second-order valence-electron chi connectivity index (χ2n) is 23.1. The molecule has 0 rings (SSSR count). The fourth-order valence-electron chi connectivity index (χ4n) is 9.68.